The van der Waals surface area contributed by atoms with Gasteiger partial charge in [-0.05, 0) is 58.3 Å². The molecule has 0 spiro atoms. The van der Waals surface area contributed by atoms with E-state index < -0.39 is 0 Å². The first-order chi connectivity index (χ1) is 10.0. The van der Waals surface area contributed by atoms with Crippen LogP contribution in [0.5, 0.6) is 0 Å². The number of nitro benzene ring substituents is 1. The van der Waals surface area contributed by atoms with Crippen molar-refractivity contribution >= 4 is 11.4 Å². The highest BCUT2D eigenvalue weighted by atomic mass is 16.6. The molecule has 1 saturated heterocycles. The van der Waals surface area contributed by atoms with Gasteiger partial charge in [-0.25, -0.2) is 0 Å². The number of benzene rings is 1. The smallest absolute Gasteiger partial charge is 0.274 e. The molecule has 116 valence electrons. The molecular weight excluding hydrogens is 266 g/mol. The SMILES string of the molecule is CCc1ccc(NC(C)C2CCN(C)CC2)cc1[N+](=O)[O-]. The van der Waals surface area contributed by atoms with Gasteiger partial charge in [-0.2, -0.15) is 0 Å². The third kappa shape index (κ3) is 3.94. The van der Waals surface area contributed by atoms with Crippen LogP contribution in [0, 0.1) is 16.0 Å². The highest BCUT2D eigenvalue weighted by Crippen LogP contribution is 2.27. The molecule has 0 aromatic heterocycles. The van der Waals surface area contributed by atoms with Crippen LogP contribution in [0.1, 0.15) is 32.3 Å². The van der Waals surface area contributed by atoms with Gasteiger partial charge in [-0.15, -0.1) is 0 Å². The number of hydrogen-bond donors (Lipinski definition) is 1. The van der Waals surface area contributed by atoms with Crippen LogP contribution < -0.4 is 5.32 Å². The lowest BCUT2D eigenvalue weighted by molar-refractivity contribution is -0.385. The number of nitrogens with one attached hydrogen (secondary N) is 1. The number of aryl methyl sites for hydroxylation is 1. The number of likely N-dealkylation sites (tertiary alicyclic amines) is 1. The topological polar surface area (TPSA) is 58.4 Å². The molecule has 1 aromatic carbocycles. The van der Waals surface area contributed by atoms with Crippen molar-refractivity contribution in [3.63, 3.8) is 0 Å². The van der Waals surface area contributed by atoms with Gasteiger partial charge < -0.3 is 10.2 Å². The highest BCUT2D eigenvalue weighted by molar-refractivity contribution is 5.55. The second-order valence-electron chi connectivity index (χ2n) is 6.03. The van der Waals surface area contributed by atoms with Gasteiger partial charge in [0, 0.05) is 23.4 Å². The second-order valence-corrected chi connectivity index (χ2v) is 6.03. The van der Waals surface area contributed by atoms with Crippen molar-refractivity contribution < 1.29 is 4.92 Å². The van der Waals surface area contributed by atoms with E-state index in [2.05, 4.69) is 24.2 Å². The van der Waals surface area contributed by atoms with E-state index in [-0.39, 0.29) is 10.6 Å². The molecule has 1 heterocycles. The average molecular weight is 291 g/mol. The third-order valence-corrected chi connectivity index (χ3v) is 4.53. The predicted octanol–water partition coefficient (Wildman–Crippen LogP) is 3.30. The fourth-order valence-corrected chi connectivity index (χ4v) is 3.03. The van der Waals surface area contributed by atoms with Crippen molar-refractivity contribution in [3.8, 4) is 0 Å². The van der Waals surface area contributed by atoms with E-state index in [1.54, 1.807) is 6.07 Å². The fraction of sp³-hybridized carbons (Fsp3) is 0.625. The molecule has 0 radical (unpaired) electrons. The molecule has 1 aliphatic heterocycles. The molecule has 2 rings (SSSR count). The van der Waals surface area contributed by atoms with Crippen molar-refractivity contribution in [1.29, 1.82) is 0 Å². The number of anilines is 1. The van der Waals surface area contributed by atoms with Crippen LogP contribution in [0.15, 0.2) is 18.2 Å². The van der Waals surface area contributed by atoms with Gasteiger partial charge in [0.1, 0.15) is 0 Å². The zero-order valence-corrected chi connectivity index (χ0v) is 13.1. The van der Waals surface area contributed by atoms with Gasteiger partial charge in [0.2, 0.25) is 0 Å². The third-order valence-electron chi connectivity index (χ3n) is 4.53. The molecule has 21 heavy (non-hydrogen) atoms. The van der Waals surface area contributed by atoms with Gasteiger partial charge in [-0.1, -0.05) is 13.0 Å². The van der Waals surface area contributed by atoms with Crippen molar-refractivity contribution in [2.75, 3.05) is 25.5 Å². The minimum absolute atomic E-state index is 0.220. The van der Waals surface area contributed by atoms with Crippen LogP contribution in [-0.4, -0.2) is 36.0 Å². The lowest BCUT2D eigenvalue weighted by Crippen LogP contribution is -2.37. The Hall–Kier alpha value is -1.62. The van der Waals surface area contributed by atoms with E-state index in [4.69, 9.17) is 0 Å². The number of hydrogen-bond acceptors (Lipinski definition) is 4. The Bertz CT molecular complexity index is 496. The van der Waals surface area contributed by atoms with Crippen molar-refractivity contribution in [3.05, 3.63) is 33.9 Å². The summed E-state index contributed by atoms with van der Waals surface area (Å²) in [5, 5.41) is 14.6. The number of nitrogens with zero attached hydrogens (tertiary/aromatic N) is 2. The lowest BCUT2D eigenvalue weighted by atomic mass is 9.90. The average Bonchev–Trinajstić information content (AvgIpc) is 2.47. The molecule has 1 unspecified atom stereocenters. The van der Waals surface area contributed by atoms with Crippen LogP contribution >= 0.6 is 0 Å². The summed E-state index contributed by atoms with van der Waals surface area (Å²) < 4.78 is 0. The zero-order chi connectivity index (χ0) is 15.4. The van der Waals surface area contributed by atoms with Gasteiger partial charge in [0.05, 0.1) is 4.92 Å². The van der Waals surface area contributed by atoms with Gasteiger partial charge in [0.15, 0.2) is 0 Å². The zero-order valence-electron chi connectivity index (χ0n) is 13.1. The Balaban J connectivity index is 2.05. The molecule has 0 bridgehead atoms. The first kappa shape index (κ1) is 15.8. The summed E-state index contributed by atoms with van der Waals surface area (Å²) in [7, 11) is 2.15. The quantitative estimate of drug-likeness (QED) is 0.668. The van der Waals surface area contributed by atoms with Crippen molar-refractivity contribution in [2.45, 2.75) is 39.2 Å². The summed E-state index contributed by atoms with van der Waals surface area (Å²) in [5.74, 6) is 0.631. The molecule has 0 amide bonds. The summed E-state index contributed by atoms with van der Waals surface area (Å²) >= 11 is 0. The van der Waals surface area contributed by atoms with Gasteiger partial charge in [0.25, 0.3) is 5.69 Å². The Morgan fingerprint density at radius 2 is 2.10 bits per heavy atom. The fourth-order valence-electron chi connectivity index (χ4n) is 3.03. The summed E-state index contributed by atoms with van der Waals surface area (Å²) in [5.41, 5.74) is 1.86. The molecule has 0 saturated carbocycles. The highest BCUT2D eigenvalue weighted by Gasteiger charge is 2.22. The number of piperidine rings is 1. The maximum Gasteiger partial charge on any atom is 0.274 e. The standard InChI is InChI=1S/C16H25N3O2/c1-4-13-5-6-15(11-16(13)19(20)21)17-12(2)14-7-9-18(3)10-8-14/h5-6,11-12,14,17H,4,7-10H2,1-3H3. The van der Waals surface area contributed by atoms with Gasteiger partial charge >= 0.3 is 0 Å². The number of rotatable bonds is 5. The molecule has 5 nitrogen and oxygen atoms in total. The Morgan fingerprint density at radius 3 is 2.67 bits per heavy atom. The summed E-state index contributed by atoms with van der Waals surface area (Å²) in [6, 6.07) is 5.83. The Morgan fingerprint density at radius 1 is 1.43 bits per heavy atom. The normalized spacial score (nSPS) is 18.4. The van der Waals surface area contributed by atoms with E-state index in [0.717, 1.165) is 24.3 Å². The van der Waals surface area contributed by atoms with Crippen LogP contribution in [0.3, 0.4) is 0 Å². The maximum atomic E-state index is 11.1. The second kappa shape index (κ2) is 6.89. The first-order valence-electron chi connectivity index (χ1n) is 7.73. The largest absolute Gasteiger partial charge is 0.382 e. The molecule has 1 aromatic rings. The minimum Gasteiger partial charge on any atom is -0.382 e. The molecule has 1 atom stereocenters. The Labute approximate surface area is 126 Å². The van der Waals surface area contributed by atoms with E-state index >= 15 is 0 Å². The van der Waals surface area contributed by atoms with Crippen LogP contribution in [-0.2, 0) is 6.42 Å². The monoisotopic (exact) mass is 291 g/mol. The van der Waals surface area contributed by atoms with E-state index in [9.17, 15) is 10.1 Å². The predicted molar refractivity (Wildman–Crippen MR) is 85.8 cm³/mol. The molecule has 1 fully saturated rings. The van der Waals surface area contributed by atoms with E-state index in [1.165, 1.54) is 12.8 Å². The summed E-state index contributed by atoms with van der Waals surface area (Å²) in [6.07, 6.45) is 3.04. The summed E-state index contributed by atoms with van der Waals surface area (Å²) in [6.45, 7) is 6.38. The van der Waals surface area contributed by atoms with Crippen molar-refractivity contribution in [2.24, 2.45) is 5.92 Å². The van der Waals surface area contributed by atoms with E-state index in [0.29, 0.717) is 18.4 Å². The summed E-state index contributed by atoms with van der Waals surface area (Å²) in [4.78, 5) is 13.2. The lowest BCUT2D eigenvalue weighted by Gasteiger charge is -2.33. The van der Waals surface area contributed by atoms with Crippen LogP contribution in [0.4, 0.5) is 11.4 Å². The van der Waals surface area contributed by atoms with Crippen molar-refractivity contribution in [1.82, 2.24) is 4.90 Å². The Kier molecular flexibility index (Phi) is 5.17. The van der Waals surface area contributed by atoms with Gasteiger partial charge in [-0.3, -0.25) is 10.1 Å². The first-order valence-corrected chi connectivity index (χ1v) is 7.73. The van der Waals surface area contributed by atoms with Crippen LogP contribution in [0.2, 0.25) is 0 Å². The maximum absolute atomic E-state index is 11.1. The number of nitro groups is 1. The van der Waals surface area contributed by atoms with Crippen LogP contribution in [0.25, 0.3) is 0 Å². The molecule has 1 aliphatic rings. The molecule has 0 aliphatic carbocycles. The minimum atomic E-state index is -0.287. The molecule has 5 heteroatoms. The molecular formula is C16H25N3O2. The van der Waals surface area contributed by atoms with E-state index in [1.807, 2.05) is 19.1 Å². The molecule has 1 N–H and O–H groups in total.